The number of halogens is 3. The van der Waals surface area contributed by atoms with Crippen LogP contribution >= 0.6 is 0 Å². The number of rotatable bonds is 6. The molecule has 0 saturated carbocycles. The second-order valence-corrected chi connectivity index (χ2v) is 5.78. The van der Waals surface area contributed by atoms with Gasteiger partial charge in [-0.1, -0.05) is 0 Å². The van der Waals surface area contributed by atoms with Gasteiger partial charge >= 0.3 is 22.4 Å². The topological polar surface area (TPSA) is 99.6 Å². The highest BCUT2D eigenvalue weighted by molar-refractivity contribution is 7.90. The van der Waals surface area contributed by atoms with E-state index in [0.717, 1.165) is 23.6 Å². The van der Waals surface area contributed by atoms with Gasteiger partial charge in [-0.2, -0.15) is 25.9 Å². The number of carboxylic acid groups (broad SMARTS) is 1. The molecule has 0 unspecified atom stereocenters. The van der Waals surface area contributed by atoms with Crippen LogP contribution in [0.5, 0.6) is 0 Å². The van der Waals surface area contributed by atoms with Crippen molar-refractivity contribution in [3.63, 3.8) is 0 Å². The summed E-state index contributed by atoms with van der Waals surface area (Å²) in [5, 5.41) is 8.47. The van der Waals surface area contributed by atoms with E-state index >= 15 is 0 Å². The van der Waals surface area contributed by atoms with Crippen molar-refractivity contribution in [3.8, 4) is 0 Å². The Morgan fingerprint density at radius 3 is 2.48 bits per heavy atom. The summed E-state index contributed by atoms with van der Waals surface area (Å²) in [4.78, 5) is 13.5. The summed E-state index contributed by atoms with van der Waals surface area (Å²) in [5.74, 6) is -1.17. The molecule has 0 atom stereocenters. The number of pyridine rings is 1. The van der Waals surface area contributed by atoms with Crippen molar-refractivity contribution in [3.05, 3.63) is 24.0 Å². The Morgan fingerprint density at radius 1 is 1.43 bits per heavy atom. The molecule has 1 aromatic heterocycles. The normalized spacial score (nSPS) is 12.4. The van der Waals surface area contributed by atoms with Crippen LogP contribution in [-0.4, -0.2) is 42.4 Å². The Balaban J connectivity index is 2.77. The lowest BCUT2D eigenvalue weighted by Gasteiger charge is -2.17. The Morgan fingerprint density at radius 2 is 2.05 bits per heavy atom. The third-order valence-corrected chi connectivity index (χ3v) is 3.85. The minimum atomic E-state index is -4.62. The van der Waals surface area contributed by atoms with E-state index in [9.17, 15) is 26.4 Å². The Bertz CT molecular complexity index is 601. The van der Waals surface area contributed by atoms with Gasteiger partial charge in [-0.15, -0.1) is 0 Å². The number of anilines is 1. The van der Waals surface area contributed by atoms with Crippen LogP contribution in [0.25, 0.3) is 0 Å². The number of nitrogens with one attached hydrogen (secondary N) is 1. The number of hydrogen-bond donors (Lipinski definition) is 2. The molecule has 0 amide bonds. The number of alkyl halides is 3. The van der Waals surface area contributed by atoms with Gasteiger partial charge in [0.05, 0.1) is 18.3 Å². The van der Waals surface area contributed by atoms with E-state index in [1.54, 1.807) is 0 Å². The summed E-state index contributed by atoms with van der Waals surface area (Å²) in [6.07, 6.45) is -4.29. The predicted molar refractivity (Wildman–Crippen MR) is 66.7 cm³/mol. The van der Waals surface area contributed by atoms with Crippen LogP contribution < -0.4 is 4.72 Å². The fraction of sp³-hybridized carbons (Fsp3) is 0.400. The van der Waals surface area contributed by atoms with Gasteiger partial charge < -0.3 is 5.11 Å². The van der Waals surface area contributed by atoms with E-state index in [1.165, 1.54) is 0 Å². The Hall–Kier alpha value is -1.88. The van der Waals surface area contributed by atoms with E-state index in [4.69, 9.17) is 5.11 Å². The lowest BCUT2D eigenvalue weighted by molar-refractivity contribution is -0.141. The largest absolute Gasteiger partial charge is 0.481 e. The third-order valence-electron chi connectivity index (χ3n) is 2.35. The number of carbonyl (C=O) groups is 1. The standard InChI is InChI=1S/C10H12F3N3O4S/c1-16(5-4-9(17)18)21(19,20)15-7-2-3-8(14-6-7)10(11,12)13/h2-3,6,15H,4-5H2,1H3,(H,17,18). The summed E-state index contributed by atoms with van der Waals surface area (Å²) in [6, 6.07) is 1.55. The maximum Gasteiger partial charge on any atom is 0.433 e. The highest BCUT2D eigenvalue weighted by Crippen LogP contribution is 2.27. The van der Waals surface area contributed by atoms with Crippen molar-refractivity contribution in [1.82, 2.24) is 9.29 Å². The SMILES string of the molecule is CN(CCC(=O)O)S(=O)(=O)Nc1ccc(C(F)(F)F)nc1. The van der Waals surface area contributed by atoms with Gasteiger partial charge in [0.2, 0.25) is 0 Å². The average Bonchev–Trinajstić information content (AvgIpc) is 2.34. The second-order valence-electron chi connectivity index (χ2n) is 4.00. The molecule has 0 aliphatic rings. The molecule has 0 aliphatic carbocycles. The van der Waals surface area contributed by atoms with Gasteiger partial charge in [-0.25, -0.2) is 4.98 Å². The van der Waals surface area contributed by atoms with Crippen LogP contribution in [0, 0.1) is 0 Å². The van der Waals surface area contributed by atoms with Crippen molar-refractivity contribution in [2.45, 2.75) is 12.6 Å². The van der Waals surface area contributed by atoms with Crippen molar-refractivity contribution < 1.29 is 31.5 Å². The monoisotopic (exact) mass is 327 g/mol. The molecule has 0 bridgehead atoms. The molecule has 2 N–H and O–H groups in total. The van der Waals surface area contributed by atoms with E-state index in [0.29, 0.717) is 6.07 Å². The molecule has 21 heavy (non-hydrogen) atoms. The molecule has 0 radical (unpaired) electrons. The number of hydrogen-bond acceptors (Lipinski definition) is 4. The molecular formula is C10H12F3N3O4S. The Labute approximate surface area is 118 Å². The summed E-state index contributed by atoms with van der Waals surface area (Å²) in [6.45, 7) is -0.279. The van der Waals surface area contributed by atoms with Crippen molar-refractivity contribution in [2.24, 2.45) is 0 Å². The minimum Gasteiger partial charge on any atom is -0.481 e. The molecule has 0 spiro atoms. The van der Waals surface area contributed by atoms with E-state index in [1.807, 2.05) is 4.72 Å². The van der Waals surface area contributed by atoms with Gasteiger partial charge in [0, 0.05) is 13.6 Å². The van der Waals surface area contributed by atoms with Crippen molar-refractivity contribution >= 4 is 21.9 Å². The lowest BCUT2D eigenvalue weighted by Crippen LogP contribution is -2.34. The van der Waals surface area contributed by atoms with Gasteiger partial charge in [0.25, 0.3) is 0 Å². The predicted octanol–water partition coefficient (Wildman–Crippen LogP) is 1.16. The van der Waals surface area contributed by atoms with Gasteiger partial charge in [-0.05, 0) is 12.1 Å². The minimum absolute atomic E-state index is 0.162. The molecule has 1 rings (SSSR count). The zero-order valence-corrected chi connectivity index (χ0v) is 11.6. The molecule has 0 aromatic carbocycles. The first-order valence-corrected chi connectivity index (χ1v) is 6.95. The molecule has 0 aliphatic heterocycles. The number of aromatic nitrogens is 1. The zero-order chi connectivity index (χ0) is 16.3. The smallest absolute Gasteiger partial charge is 0.433 e. The quantitative estimate of drug-likeness (QED) is 0.817. The zero-order valence-electron chi connectivity index (χ0n) is 10.8. The van der Waals surface area contributed by atoms with Crippen LogP contribution in [0.4, 0.5) is 18.9 Å². The molecule has 11 heteroatoms. The fourth-order valence-electron chi connectivity index (χ4n) is 1.22. The van der Waals surface area contributed by atoms with Gasteiger partial charge in [0.15, 0.2) is 0 Å². The lowest BCUT2D eigenvalue weighted by atomic mass is 10.3. The first-order valence-electron chi connectivity index (χ1n) is 5.51. The van der Waals surface area contributed by atoms with Crippen LogP contribution in [0.1, 0.15) is 12.1 Å². The summed E-state index contributed by atoms with van der Waals surface area (Å²) >= 11 is 0. The maximum absolute atomic E-state index is 12.3. The van der Waals surface area contributed by atoms with Crippen molar-refractivity contribution in [2.75, 3.05) is 18.3 Å². The molecule has 0 fully saturated rings. The van der Waals surface area contributed by atoms with Crippen LogP contribution in [0.15, 0.2) is 18.3 Å². The summed E-state index contributed by atoms with van der Waals surface area (Å²) in [5.41, 5.74) is -1.31. The Kier molecular flexibility index (Phi) is 5.12. The van der Waals surface area contributed by atoms with Crippen LogP contribution in [-0.2, 0) is 21.2 Å². The fourth-order valence-corrected chi connectivity index (χ4v) is 2.13. The third kappa shape index (κ3) is 5.19. The molecular weight excluding hydrogens is 315 g/mol. The highest BCUT2D eigenvalue weighted by Gasteiger charge is 2.32. The molecule has 0 saturated heterocycles. The average molecular weight is 327 g/mol. The number of carboxylic acids is 1. The van der Waals surface area contributed by atoms with E-state index < -0.39 is 34.5 Å². The van der Waals surface area contributed by atoms with Gasteiger partial charge in [-0.3, -0.25) is 9.52 Å². The molecule has 7 nitrogen and oxygen atoms in total. The number of aliphatic carboxylic acids is 1. The van der Waals surface area contributed by atoms with Crippen LogP contribution in [0.2, 0.25) is 0 Å². The molecule has 118 valence electrons. The van der Waals surface area contributed by atoms with E-state index in [2.05, 4.69) is 4.98 Å². The molecule has 1 heterocycles. The molecule has 1 aromatic rings. The first kappa shape index (κ1) is 17.2. The summed E-state index contributed by atoms with van der Waals surface area (Å²) in [7, 11) is -2.92. The highest BCUT2D eigenvalue weighted by atomic mass is 32.2. The number of nitrogens with zero attached hydrogens (tertiary/aromatic N) is 2. The second kappa shape index (κ2) is 6.26. The maximum atomic E-state index is 12.3. The van der Waals surface area contributed by atoms with Crippen molar-refractivity contribution in [1.29, 1.82) is 0 Å². The first-order chi connectivity index (χ1) is 9.52. The van der Waals surface area contributed by atoms with Gasteiger partial charge in [0.1, 0.15) is 5.69 Å². The van der Waals surface area contributed by atoms with E-state index in [-0.39, 0.29) is 12.2 Å². The summed E-state index contributed by atoms with van der Waals surface area (Å²) < 4.78 is 63.2. The van der Waals surface area contributed by atoms with Crippen LogP contribution in [0.3, 0.4) is 0 Å².